The second kappa shape index (κ2) is 7.17. The van der Waals surface area contributed by atoms with E-state index in [4.69, 9.17) is 9.47 Å². The third-order valence-electron chi connectivity index (χ3n) is 4.96. The van der Waals surface area contributed by atoms with E-state index in [1.807, 2.05) is 0 Å². The number of hydrogen-bond donors (Lipinski definition) is 1. The number of carboxylic acid groups (broad SMARTS) is 1. The van der Waals surface area contributed by atoms with Gasteiger partial charge in [0.05, 0.1) is 13.0 Å². The molecule has 2 aliphatic rings. The normalized spacial score (nSPS) is 22.5. The summed E-state index contributed by atoms with van der Waals surface area (Å²) in [5.41, 5.74) is 0.475. The summed E-state index contributed by atoms with van der Waals surface area (Å²) >= 11 is 0. The second-order valence-corrected chi connectivity index (χ2v) is 6.62. The molecule has 1 aliphatic carbocycles. The Morgan fingerprint density at radius 3 is 2.68 bits per heavy atom. The number of amides is 1. The molecular formula is C19H23NO5. The maximum absolute atomic E-state index is 12.8. The van der Waals surface area contributed by atoms with Gasteiger partial charge in [-0.25, -0.2) is 0 Å². The van der Waals surface area contributed by atoms with Crippen molar-refractivity contribution in [2.75, 3.05) is 26.8 Å². The monoisotopic (exact) mass is 345 g/mol. The summed E-state index contributed by atoms with van der Waals surface area (Å²) in [5.74, 6) is 0.0937. The van der Waals surface area contributed by atoms with Crippen molar-refractivity contribution in [1.29, 1.82) is 0 Å². The lowest BCUT2D eigenvalue weighted by atomic mass is 9.92. The Labute approximate surface area is 147 Å². The van der Waals surface area contributed by atoms with Gasteiger partial charge in [-0.1, -0.05) is 12.7 Å². The summed E-state index contributed by atoms with van der Waals surface area (Å²) in [6, 6.07) is 5.02. The topological polar surface area (TPSA) is 76.1 Å². The summed E-state index contributed by atoms with van der Waals surface area (Å²) in [5, 5.41) is 9.45. The molecule has 1 aromatic carbocycles. The number of methoxy groups -OCH3 is 1. The van der Waals surface area contributed by atoms with E-state index < -0.39 is 11.9 Å². The number of nitrogens with zero attached hydrogens (tertiary/aromatic N) is 1. The highest BCUT2D eigenvalue weighted by atomic mass is 16.5. The third kappa shape index (κ3) is 3.62. The zero-order valence-corrected chi connectivity index (χ0v) is 14.3. The van der Waals surface area contributed by atoms with E-state index in [0.29, 0.717) is 36.1 Å². The predicted molar refractivity (Wildman–Crippen MR) is 91.9 cm³/mol. The summed E-state index contributed by atoms with van der Waals surface area (Å²) in [6.45, 7) is 4.73. The summed E-state index contributed by atoms with van der Waals surface area (Å²) in [6.07, 6.45) is 3.77. The van der Waals surface area contributed by atoms with Crippen molar-refractivity contribution in [3.63, 3.8) is 0 Å². The predicted octanol–water partition coefficient (Wildman–Crippen LogP) is 2.44. The van der Waals surface area contributed by atoms with Gasteiger partial charge in [-0.05, 0) is 42.9 Å². The minimum atomic E-state index is -0.807. The number of aliphatic carboxylic acids is 1. The zero-order valence-electron chi connectivity index (χ0n) is 14.3. The van der Waals surface area contributed by atoms with Crippen molar-refractivity contribution >= 4 is 11.9 Å². The smallest absolute Gasteiger partial charge is 0.308 e. The lowest BCUT2D eigenvalue weighted by molar-refractivity contribution is -0.142. The molecule has 1 saturated heterocycles. The highest BCUT2D eigenvalue weighted by molar-refractivity contribution is 5.95. The highest BCUT2D eigenvalue weighted by Crippen LogP contribution is 2.44. The first-order valence-electron chi connectivity index (χ1n) is 8.49. The van der Waals surface area contributed by atoms with Gasteiger partial charge in [-0.15, -0.1) is 0 Å². The van der Waals surface area contributed by atoms with E-state index >= 15 is 0 Å². The number of benzene rings is 1. The average Bonchev–Trinajstić information content (AvgIpc) is 3.37. The molecule has 2 fully saturated rings. The average molecular weight is 345 g/mol. The van der Waals surface area contributed by atoms with Crippen molar-refractivity contribution in [3.05, 3.63) is 36.4 Å². The maximum atomic E-state index is 12.8. The van der Waals surface area contributed by atoms with Crippen LogP contribution in [0.4, 0.5) is 0 Å². The Bertz CT molecular complexity index is 682. The molecular weight excluding hydrogens is 322 g/mol. The number of carbonyl (C=O) groups excluding carboxylic acids is 1. The van der Waals surface area contributed by atoms with Crippen LogP contribution >= 0.6 is 0 Å². The highest BCUT2D eigenvalue weighted by Gasteiger charge is 2.46. The van der Waals surface area contributed by atoms with Crippen LogP contribution in [0.2, 0.25) is 0 Å². The van der Waals surface area contributed by atoms with Gasteiger partial charge in [0.1, 0.15) is 6.61 Å². The lowest BCUT2D eigenvalue weighted by Gasteiger charge is -2.17. The van der Waals surface area contributed by atoms with Crippen molar-refractivity contribution in [1.82, 2.24) is 4.90 Å². The van der Waals surface area contributed by atoms with Crippen LogP contribution in [0.3, 0.4) is 0 Å². The van der Waals surface area contributed by atoms with E-state index in [9.17, 15) is 14.7 Å². The molecule has 25 heavy (non-hydrogen) atoms. The summed E-state index contributed by atoms with van der Waals surface area (Å²) in [4.78, 5) is 26.0. The minimum absolute atomic E-state index is 0.0681. The first kappa shape index (κ1) is 17.3. The molecule has 0 bridgehead atoms. The van der Waals surface area contributed by atoms with Gasteiger partial charge in [0, 0.05) is 18.7 Å². The molecule has 1 aromatic rings. The molecule has 1 N–H and O–H groups in total. The van der Waals surface area contributed by atoms with E-state index in [1.54, 1.807) is 29.2 Å². The molecule has 0 spiro atoms. The number of ether oxygens (including phenoxy) is 2. The van der Waals surface area contributed by atoms with Gasteiger partial charge >= 0.3 is 5.97 Å². The van der Waals surface area contributed by atoms with Crippen LogP contribution in [0.1, 0.15) is 23.2 Å². The van der Waals surface area contributed by atoms with Crippen LogP contribution in [-0.4, -0.2) is 48.7 Å². The molecule has 134 valence electrons. The van der Waals surface area contributed by atoms with E-state index in [-0.39, 0.29) is 18.4 Å². The first-order valence-corrected chi connectivity index (χ1v) is 8.49. The Kier molecular flexibility index (Phi) is 4.97. The standard InChI is InChI=1S/C19H23NO5/c1-3-8-25-16-7-6-13(9-17(16)24-2)18(21)20-10-14(12-4-5-12)15(11-20)19(22)23/h3,6-7,9,12,14-15H,1,4-5,8,10-11H2,2H3,(H,22,23)/t14-,15+/m1/s1. The molecule has 6 heteroatoms. The van der Waals surface area contributed by atoms with Gasteiger partial charge < -0.3 is 19.5 Å². The van der Waals surface area contributed by atoms with E-state index in [1.165, 1.54) is 7.11 Å². The van der Waals surface area contributed by atoms with Gasteiger partial charge in [0.15, 0.2) is 11.5 Å². The first-order chi connectivity index (χ1) is 12.0. The molecule has 0 unspecified atom stereocenters. The molecule has 0 radical (unpaired) electrons. The fourth-order valence-corrected chi connectivity index (χ4v) is 3.51. The summed E-state index contributed by atoms with van der Waals surface area (Å²) < 4.78 is 10.8. The Hall–Kier alpha value is -2.50. The SMILES string of the molecule is C=CCOc1ccc(C(=O)N2C[C@H](C(=O)O)[C@@H](C3CC3)C2)cc1OC. The van der Waals surface area contributed by atoms with Crippen LogP contribution in [0.5, 0.6) is 11.5 Å². The van der Waals surface area contributed by atoms with E-state index in [2.05, 4.69) is 6.58 Å². The molecule has 1 amide bonds. The van der Waals surface area contributed by atoms with Gasteiger partial charge in [0.25, 0.3) is 5.91 Å². The Morgan fingerprint density at radius 2 is 2.08 bits per heavy atom. The number of carbonyl (C=O) groups is 2. The molecule has 2 atom stereocenters. The van der Waals surface area contributed by atoms with Gasteiger partial charge in [-0.3, -0.25) is 9.59 Å². The minimum Gasteiger partial charge on any atom is -0.493 e. The lowest BCUT2D eigenvalue weighted by Crippen LogP contribution is -2.29. The van der Waals surface area contributed by atoms with E-state index in [0.717, 1.165) is 12.8 Å². The fraction of sp³-hybridized carbons (Fsp3) is 0.474. The Morgan fingerprint density at radius 1 is 1.32 bits per heavy atom. The number of hydrogen-bond acceptors (Lipinski definition) is 4. The molecule has 3 rings (SSSR count). The number of carboxylic acids is 1. The molecule has 1 aliphatic heterocycles. The summed E-state index contributed by atoms with van der Waals surface area (Å²) in [7, 11) is 1.52. The van der Waals surface area contributed by atoms with Crippen LogP contribution < -0.4 is 9.47 Å². The van der Waals surface area contributed by atoms with Crippen LogP contribution in [0, 0.1) is 17.8 Å². The maximum Gasteiger partial charge on any atom is 0.308 e. The number of rotatable bonds is 7. The molecule has 1 saturated carbocycles. The van der Waals surface area contributed by atoms with Crippen molar-refractivity contribution < 1.29 is 24.2 Å². The second-order valence-electron chi connectivity index (χ2n) is 6.62. The largest absolute Gasteiger partial charge is 0.493 e. The molecule has 0 aromatic heterocycles. The van der Waals surface area contributed by atoms with Crippen LogP contribution in [0.15, 0.2) is 30.9 Å². The van der Waals surface area contributed by atoms with Crippen molar-refractivity contribution in [3.8, 4) is 11.5 Å². The zero-order chi connectivity index (χ0) is 18.0. The van der Waals surface area contributed by atoms with Crippen molar-refractivity contribution in [2.45, 2.75) is 12.8 Å². The van der Waals surface area contributed by atoms with Gasteiger partial charge in [0.2, 0.25) is 0 Å². The quantitative estimate of drug-likeness (QED) is 0.768. The van der Waals surface area contributed by atoms with Crippen LogP contribution in [-0.2, 0) is 4.79 Å². The molecule has 6 nitrogen and oxygen atoms in total. The fourth-order valence-electron chi connectivity index (χ4n) is 3.51. The Balaban J connectivity index is 1.76. The third-order valence-corrected chi connectivity index (χ3v) is 4.96. The number of likely N-dealkylation sites (tertiary alicyclic amines) is 1. The van der Waals surface area contributed by atoms with Crippen molar-refractivity contribution in [2.24, 2.45) is 17.8 Å². The molecule has 1 heterocycles. The van der Waals surface area contributed by atoms with Gasteiger partial charge in [-0.2, -0.15) is 0 Å². The van der Waals surface area contributed by atoms with Crippen LogP contribution in [0.25, 0.3) is 0 Å².